The fourth-order valence-electron chi connectivity index (χ4n) is 5.25. The maximum Gasteiger partial charge on any atom is 0.311 e. The van der Waals surface area contributed by atoms with E-state index >= 15 is 0 Å². The third-order valence-electron chi connectivity index (χ3n) is 6.67. The highest BCUT2D eigenvalue weighted by atomic mass is 35.5. The Kier molecular flexibility index (Phi) is 4.38. The highest BCUT2D eigenvalue weighted by Gasteiger charge is 2.60. The van der Waals surface area contributed by atoms with E-state index in [2.05, 4.69) is 4.90 Å². The van der Waals surface area contributed by atoms with E-state index in [1.807, 2.05) is 24.0 Å². The van der Waals surface area contributed by atoms with Gasteiger partial charge < -0.3 is 14.9 Å². The summed E-state index contributed by atoms with van der Waals surface area (Å²) in [4.78, 5) is 29.2. The quantitative estimate of drug-likeness (QED) is 0.868. The first-order chi connectivity index (χ1) is 12.5. The van der Waals surface area contributed by atoms with Crippen LogP contribution in [0.4, 0.5) is 5.69 Å². The third-order valence-corrected chi connectivity index (χ3v) is 6.98. The summed E-state index contributed by atoms with van der Waals surface area (Å²) in [6, 6.07) is 5.35. The van der Waals surface area contributed by atoms with Crippen LogP contribution in [-0.4, -0.2) is 47.1 Å². The van der Waals surface area contributed by atoms with Gasteiger partial charge in [0.05, 0.1) is 16.1 Å². The lowest BCUT2D eigenvalue weighted by Gasteiger charge is -2.32. The van der Waals surface area contributed by atoms with Crippen LogP contribution >= 0.6 is 11.6 Å². The largest absolute Gasteiger partial charge is 0.481 e. The van der Waals surface area contributed by atoms with Crippen LogP contribution in [0.15, 0.2) is 18.2 Å². The van der Waals surface area contributed by atoms with Crippen LogP contribution in [0.2, 0.25) is 5.02 Å². The van der Waals surface area contributed by atoms with Crippen molar-refractivity contribution in [3.63, 3.8) is 0 Å². The summed E-state index contributed by atoms with van der Waals surface area (Å²) in [5, 5.41) is 10.4. The minimum Gasteiger partial charge on any atom is -0.481 e. The number of carbonyl (C=O) groups is 2. The van der Waals surface area contributed by atoms with Crippen molar-refractivity contribution in [2.45, 2.75) is 57.5 Å². The van der Waals surface area contributed by atoms with Crippen molar-refractivity contribution in [3.8, 4) is 0 Å². The molecule has 26 heavy (non-hydrogen) atoms. The van der Waals surface area contributed by atoms with Crippen LogP contribution < -0.4 is 4.90 Å². The number of aliphatic carboxylic acids is 1. The predicted octanol–water partition coefficient (Wildman–Crippen LogP) is 3.80. The van der Waals surface area contributed by atoms with Crippen LogP contribution in [0.3, 0.4) is 0 Å². The second kappa shape index (κ2) is 6.45. The minimum atomic E-state index is -0.794. The van der Waals surface area contributed by atoms with Crippen molar-refractivity contribution < 1.29 is 14.7 Å². The summed E-state index contributed by atoms with van der Waals surface area (Å²) in [7, 11) is 0. The number of amides is 1. The smallest absolute Gasteiger partial charge is 0.311 e. The van der Waals surface area contributed by atoms with E-state index in [-0.39, 0.29) is 18.0 Å². The number of nitrogens with zero attached hydrogens (tertiary/aromatic N) is 2. The van der Waals surface area contributed by atoms with Gasteiger partial charge in [-0.05, 0) is 56.7 Å². The summed E-state index contributed by atoms with van der Waals surface area (Å²) in [5.74, 6) is -0.851. The zero-order valence-corrected chi connectivity index (χ0v) is 15.8. The van der Waals surface area contributed by atoms with E-state index in [0.717, 1.165) is 31.6 Å². The Hall–Kier alpha value is -1.75. The molecule has 0 aromatic heterocycles. The zero-order valence-electron chi connectivity index (χ0n) is 15.1. The number of halogens is 1. The number of carboxylic acid groups (broad SMARTS) is 1. The molecule has 0 radical (unpaired) electrons. The van der Waals surface area contributed by atoms with Crippen LogP contribution in [0.1, 0.15) is 55.8 Å². The van der Waals surface area contributed by atoms with Gasteiger partial charge in [-0.15, -0.1) is 0 Å². The summed E-state index contributed by atoms with van der Waals surface area (Å²) < 4.78 is 0. The van der Waals surface area contributed by atoms with Crippen LogP contribution in [0.5, 0.6) is 0 Å². The van der Waals surface area contributed by atoms with E-state index in [1.165, 1.54) is 12.8 Å². The van der Waals surface area contributed by atoms with Gasteiger partial charge in [0.2, 0.25) is 0 Å². The summed E-state index contributed by atoms with van der Waals surface area (Å²) in [6.45, 7) is 3.92. The second-order valence-electron chi connectivity index (χ2n) is 7.84. The number of carbonyl (C=O) groups excluding carboxylic acids is 1. The average molecular weight is 377 g/mol. The molecule has 3 heterocycles. The van der Waals surface area contributed by atoms with Gasteiger partial charge in [-0.3, -0.25) is 9.59 Å². The molecule has 3 saturated heterocycles. The van der Waals surface area contributed by atoms with E-state index in [1.54, 1.807) is 6.07 Å². The number of anilines is 1. The first kappa shape index (κ1) is 17.7. The number of hydrogen-bond donors (Lipinski definition) is 1. The monoisotopic (exact) mass is 376 g/mol. The maximum absolute atomic E-state index is 13.2. The number of fused-ring (bicyclic) bond motifs is 2. The zero-order chi connectivity index (χ0) is 18.5. The molecule has 1 amide bonds. The van der Waals surface area contributed by atoms with Crippen molar-refractivity contribution in [2.75, 3.05) is 18.0 Å². The Morgan fingerprint density at radius 3 is 2.58 bits per heavy atom. The molecule has 3 aliphatic rings. The molecule has 5 nitrogen and oxygen atoms in total. The number of hydrogen-bond acceptors (Lipinski definition) is 3. The fourth-order valence-corrected chi connectivity index (χ4v) is 5.55. The maximum atomic E-state index is 13.2. The molecule has 1 aromatic carbocycles. The van der Waals surface area contributed by atoms with Gasteiger partial charge in [-0.1, -0.05) is 18.5 Å². The highest BCUT2D eigenvalue weighted by Crippen LogP contribution is 2.52. The first-order valence-electron chi connectivity index (χ1n) is 9.58. The van der Waals surface area contributed by atoms with Gasteiger partial charge >= 0.3 is 5.97 Å². The minimum absolute atomic E-state index is 0.0283. The molecule has 0 spiro atoms. The van der Waals surface area contributed by atoms with E-state index in [9.17, 15) is 14.7 Å². The van der Waals surface area contributed by atoms with Crippen molar-refractivity contribution in [1.29, 1.82) is 0 Å². The van der Waals surface area contributed by atoms with E-state index in [4.69, 9.17) is 11.6 Å². The summed E-state index contributed by atoms with van der Waals surface area (Å²) >= 11 is 6.48. The van der Waals surface area contributed by atoms with Gasteiger partial charge in [-0.2, -0.15) is 0 Å². The molecule has 0 saturated carbocycles. The number of benzene rings is 1. The van der Waals surface area contributed by atoms with Gasteiger partial charge in [-0.25, -0.2) is 0 Å². The molecule has 1 aromatic rings. The molecular weight excluding hydrogens is 352 g/mol. The number of rotatable bonds is 4. The number of carboxylic acids is 1. The summed E-state index contributed by atoms with van der Waals surface area (Å²) in [5.41, 5.74) is 0.753. The molecule has 140 valence electrons. The Morgan fingerprint density at radius 1 is 1.27 bits per heavy atom. The molecule has 6 heteroatoms. The second-order valence-corrected chi connectivity index (χ2v) is 8.25. The molecule has 0 aliphatic carbocycles. The Bertz CT molecular complexity index is 747. The Balaban J connectivity index is 1.60. The molecule has 3 atom stereocenters. The summed E-state index contributed by atoms with van der Waals surface area (Å²) in [6.07, 6.45) is 5.13. The van der Waals surface area contributed by atoms with Crippen molar-refractivity contribution in [3.05, 3.63) is 28.8 Å². The van der Waals surface area contributed by atoms with Gasteiger partial charge in [0.15, 0.2) is 0 Å². The van der Waals surface area contributed by atoms with E-state index < -0.39 is 11.4 Å². The Labute approximate surface area is 158 Å². The molecule has 1 N–H and O–H groups in total. The van der Waals surface area contributed by atoms with Gasteiger partial charge in [0.1, 0.15) is 0 Å². The lowest BCUT2D eigenvalue weighted by atomic mass is 9.72. The topological polar surface area (TPSA) is 60.9 Å². The van der Waals surface area contributed by atoms with Gasteiger partial charge in [0, 0.05) is 30.7 Å². The predicted molar refractivity (Wildman–Crippen MR) is 101 cm³/mol. The van der Waals surface area contributed by atoms with Crippen LogP contribution in [0.25, 0.3) is 0 Å². The van der Waals surface area contributed by atoms with E-state index in [0.29, 0.717) is 23.4 Å². The molecule has 4 rings (SSSR count). The fraction of sp³-hybridized carbons (Fsp3) is 0.600. The van der Waals surface area contributed by atoms with Crippen molar-refractivity contribution >= 4 is 29.2 Å². The highest BCUT2D eigenvalue weighted by molar-refractivity contribution is 6.33. The molecular formula is C20H25ClN2O3. The van der Waals surface area contributed by atoms with Crippen LogP contribution in [-0.2, 0) is 4.79 Å². The van der Waals surface area contributed by atoms with Crippen molar-refractivity contribution in [2.24, 2.45) is 5.41 Å². The Morgan fingerprint density at radius 2 is 2.00 bits per heavy atom. The molecule has 2 bridgehead atoms. The molecule has 0 unspecified atom stereocenters. The van der Waals surface area contributed by atoms with Crippen molar-refractivity contribution in [1.82, 2.24) is 4.90 Å². The SMILES string of the molecule is CC[C@@]1(C(=O)O)C[C@@H]2CC[C@H]1N2C(=O)c1ccc(N2CCCC2)c(Cl)c1. The molecule has 3 aliphatic heterocycles. The van der Waals surface area contributed by atoms with Gasteiger partial charge in [0.25, 0.3) is 5.91 Å². The molecule has 3 fully saturated rings. The lowest BCUT2D eigenvalue weighted by Crippen LogP contribution is -2.44. The first-order valence-corrected chi connectivity index (χ1v) is 9.96. The normalized spacial score (nSPS) is 30.2. The average Bonchev–Trinajstić information content (AvgIpc) is 3.36. The van der Waals surface area contributed by atoms with Crippen LogP contribution in [0, 0.1) is 5.41 Å². The standard InChI is InChI=1S/C20H25ClN2O3/c1-2-20(19(25)26)12-14-6-8-17(20)23(14)18(24)13-5-7-16(15(21)11-13)22-9-3-4-10-22/h5,7,11,14,17H,2-4,6,8-10,12H2,1H3,(H,25,26)/t14-,17+,20+/m0/s1. The third kappa shape index (κ3) is 2.51. The lowest BCUT2D eigenvalue weighted by molar-refractivity contribution is -0.151.